The van der Waals surface area contributed by atoms with Crippen molar-refractivity contribution >= 4 is 6.16 Å². The van der Waals surface area contributed by atoms with E-state index in [4.69, 9.17) is 9.84 Å². The molecule has 0 radical (unpaired) electrons. The van der Waals surface area contributed by atoms with Gasteiger partial charge in [-0.2, -0.15) is 0 Å². The molecule has 1 unspecified atom stereocenters. The number of aliphatic hydroxyl groups is 1. The number of aliphatic hydroxyl groups excluding tert-OH is 1. The first kappa shape index (κ1) is 14.0. The average molecular weight is 242 g/mol. The molecule has 1 rings (SSSR count). The quantitative estimate of drug-likeness (QED) is 0.404. The number of carbonyl (C=O) groups is 1. The molecule has 1 saturated heterocycles. The van der Waals surface area contributed by atoms with Crippen molar-refractivity contribution in [3.8, 4) is 0 Å². The van der Waals surface area contributed by atoms with Gasteiger partial charge in [-0.05, 0) is 19.3 Å². The minimum Gasteiger partial charge on any atom is -0.434 e. The zero-order chi connectivity index (χ0) is 12.3. The Labute approximate surface area is 103 Å². The summed E-state index contributed by atoms with van der Waals surface area (Å²) in [4.78, 5) is 10.8. The van der Waals surface area contributed by atoms with Gasteiger partial charge in [-0.1, -0.05) is 25.0 Å². The Bertz CT molecular complexity index is 238. The van der Waals surface area contributed by atoms with Crippen LogP contribution in [-0.4, -0.2) is 30.6 Å². The molecular formula is C13H22O4. The Hall–Kier alpha value is -1.03. The van der Waals surface area contributed by atoms with Crippen LogP contribution in [0.15, 0.2) is 12.2 Å². The van der Waals surface area contributed by atoms with Gasteiger partial charge in [0, 0.05) is 19.4 Å². The van der Waals surface area contributed by atoms with E-state index in [2.05, 4.69) is 16.9 Å². The summed E-state index contributed by atoms with van der Waals surface area (Å²) in [5.41, 5.74) is 0. The zero-order valence-electron chi connectivity index (χ0n) is 10.3. The molecule has 0 aromatic rings. The van der Waals surface area contributed by atoms with E-state index in [0.29, 0.717) is 13.2 Å². The van der Waals surface area contributed by atoms with E-state index in [-0.39, 0.29) is 6.10 Å². The van der Waals surface area contributed by atoms with E-state index in [1.807, 2.05) is 0 Å². The minimum absolute atomic E-state index is 0.0121. The van der Waals surface area contributed by atoms with Crippen LogP contribution in [0.2, 0.25) is 0 Å². The van der Waals surface area contributed by atoms with Gasteiger partial charge in [-0.25, -0.2) is 4.79 Å². The Morgan fingerprint density at radius 1 is 1.24 bits per heavy atom. The van der Waals surface area contributed by atoms with Crippen molar-refractivity contribution in [3.63, 3.8) is 0 Å². The molecule has 1 N–H and O–H groups in total. The maximum atomic E-state index is 10.8. The summed E-state index contributed by atoms with van der Waals surface area (Å²) in [5, 5.41) is 8.61. The third-order valence-electron chi connectivity index (χ3n) is 2.77. The summed E-state index contributed by atoms with van der Waals surface area (Å²) in [6.45, 7) is 0.767. The van der Waals surface area contributed by atoms with Crippen LogP contribution in [0.5, 0.6) is 0 Å². The van der Waals surface area contributed by atoms with Crippen molar-refractivity contribution in [1.82, 2.24) is 0 Å². The molecule has 4 nitrogen and oxygen atoms in total. The van der Waals surface area contributed by atoms with Crippen molar-refractivity contribution in [2.24, 2.45) is 0 Å². The number of hydrogen-bond donors (Lipinski definition) is 1. The molecule has 0 amide bonds. The Morgan fingerprint density at radius 2 is 2.06 bits per heavy atom. The van der Waals surface area contributed by atoms with Gasteiger partial charge in [-0.3, -0.25) is 0 Å². The largest absolute Gasteiger partial charge is 0.508 e. The van der Waals surface area contributed by atoms with E-state index < -0.39 is 6.16 Å². The van der Waals surface area contributed by atoms with Crippen molar-refractivity contribution < 1.29 is 19.4 Å². The Balaban J connectivity index is 1.96. The lowest BCUT2D eigenvalue weighted by Gasteiger charge is -2.20. The lowest BCUT2D eigenvalue weighted by Crippen LogP contribution is -2.26. The lowest BCUT2D eigenvalue weighted by molar-refractivity contribution is -0.0210. The van der Waals surface area contributed by atoms with Crippen LogP contribution in [0.25, 0.3) is 0 Å². The minimum atomic E-state index is -0.543. The Morgan fingerprint density at radius 3 is 2.82 bits per heavy atom. The van der Waals surface area contributed by atoms with Crippen LogP contribution in [-0.2, 0) is 9.47 Å². The molecule has 0 aromatic carbocycles. The SMILES string of the molecule is O=C1OCCC(C/C=C\CCCCCCO)O1. The fourth-order valence-electron chi connectivity index (χ4n) is 1.76. The first-order chi connectivity index (χ1) is 8.33. The molecule has 1 atom stereocenters. The van der Waals surface area contributed by atoms with Crippen LogP contribution in [0.3, 0.4) is 0 Å². The standard InChI is InChI=1S/C13H22O4/c14-10-7-5-3-1-2-4-6-8-12-9-11-16-13(15)17-12/h4,6,12,14H,1-3,5,7-11H2/b6-4-. The fourth-order valence-corrected chi connectivity index (χ4v) is 1.76. The fraction of sp³-hybridized carbons (Fsp3) is 0.769. The van der Waals surface area contributed by atoms with E-state index in [1.54, 1.807) is 0 Å². The smallest absolute Gasteiger partial charge is 0.434 e. The van der Waals surface area contributed by atoms with Gasteiger partial charge in [0.2, 0.25) is 0 Å². The Kier molecular flexibility index (Phi) is 7.47. The average Bonchev–Trinajstić information content (AvgIpc) is 2.33. The summed E-state index contributed by atoms with van der Waals surface area (Å²) in [6.07, 6.45) is 10.6. The molecular weight excluding hydrogens is 220 g/mol. The summed E-state index contributed by atoms with van der Waals surface area (Å²) in [7, 11) is 0. The van der Waals surface area contributed by atoms with Crippen molar-refractivity contribution in [3.05, 3.63) is 12.2 Å². The highest BCUT2D eigenvalue weighted by molar-refractivity contribution is 5.60. The molecule has 0 aliphatic carbocycles. The van der Waals surface area contributed by atoms with E-state index in [1.165, 1.54) is 0 Å². The topological polar surface area (TPSA) is 55.8 Å². The maximum Gasteiger partial charge on any atom is 0.508 e. The highest BCUT2D eigenvalue weighted by Gasteiger charge is 2.19. The highest BCUT2D eigenvalue weighted by Crippen LogP contribution is 2.12. The molecule has 0 bridgehead atoms. The van der Waals surface area contributed by atoms with Crippen LogP contribution < -0.4 is 0 Å². The van der Waals surface area contributed by atoms with Gasteiger partial charge in [0.1, 0.15) is 6.10 Å². The monoisotopic (exact) mass is 242 g/mol. The summed E-state index contributed by atoms with van der Waals surface area (Å²) in [5.74, 6) is 0. The predicted molar refractivity (Wildman–Crippen MR) is 64.8 cm³/mol. The summed E-state index contributed by atoms with van der Waals surface area (Å²) < 4.78 is 9.69. The lowest BCUT2D eigenvalue weighted by atomic mass is 10.1. The van der Waals surface area contributed by atoms with E-state index in [0.717, 1.165) is 44.9 Å². The number of carbonyl (C=O) groups excluding carboxylic acids is 1. The third-order valence-corrected chi connectivity index (χ3v) is 2.77. The number of allylic oxidation sites excluding steroid dienone is 1. The molecule has 4 heteroatoms. The predicted octanol–water partition coefficient (Wildman–Crippen LogP) is 2.80. The van der Waals surface area contributed by atoms with Crippen molar-refractivity contribution in [1.29, 1.82) is 0 Å². The van der Waals surface area contributed by atoms with E-state index >= 15 is 0 Å². The normalized spacial score (nSPS) is 20.3. The summed E-state index contributed by atoms with van der Waals surface area (Å²) >= 11 is 0. The van der Waals surface area contributed by atoms with Crippen LogP contribution in [0.4, 0.5) is 4.79 Å². The first-order valence-corrected chi connectivity index (χ1v) is 6.42. The van der Waals surface area contributed by atoms with Crippen LogP contribution in [0.1, 0.15) is 44.9 Å². The number of cyclic esters (lactones) is 2. The second-order valence-corrected chi connectivity index (χ2v) is 4.26. The van der Waals surface area contributed by atoms with Gasteiger partial charge in [-0.15, -0.1) is 0 Å². The number of hydrogen-bond acceptors (Lipinski definition) is 4. The molecule has 0 saturated carbocycles. The highest BCUT2D eigenvalue weighted by atomic mass is 16.7. The molecule has 1 fully saturated rings. The van der Waals surface area contributed by atoms with Crippen molar-refractivity contribution in [2.75, 3.05) is 13.2 Å². The molecule has 17 heavy (non-hydrogen) atoms. The van der Waals surface area contributed by atoms with E-state index in [9.17, 15) is 4.79 Å². The second kappa shape index (κ2) is 9.05. The number of unbranched alkanes of at least 4 members (excludes halogenated alkanes) is 4. The zero-order valence-corrected chi connectivity index (χ0v) is 10.3. The summed E-state index contributed by atoms with van der Waals surface area (Å²) in [6, 6.07) is 0. The van der Waals surface area contributed by atoms with Gasteiger partial charge in [0.25, 0.3) is 0 Å². The number of ether oxygens (including phenoxy) is 2. The van der Waals surface area contributed by atoms with Gasteiger partial charge >= 0.3 is 6.16 Å². The molecule has 0 aromatic heterocycles. The molecule has 1 aliphatic heterocycles. The number of rotatable bonds is 8. The van der Waals surface area contributed by atoms with Crippen molar-refractivity contribution in [2.45, 2.75) is 51.0 Å². The van der Waals surface area contributed by atoms with Crippen LogP contribution in [0, 0.1) is 0 Å². The first-order valence-electron chi connectivity index (χ1n) is 6.42. The third kappa shape index (κ3) is 7.00. The van der Waals surface area contributed by atoms with Gasteiger partial charge in [0.05, 0.1) is 6.61 Å². The maximum absolute atomic E-state index is 10.8. The molecule has 98 valence electrons. The second-order valence-electron chi connectivity index (χ2n) is 4.26. The molecule has 0 spiro atoms. The van der Waals surface area contributed by atoms with Gasteiger partial charge in [0.15, 0.2) is 0 Å². The molecule has 1 heterocycles. The molecule has 1 aliphatic rings. The van der Waals surface area contributed by atoms with Crippen LogP contribution >= 0.6 is 0 Å². The van der Waals surface area contributed by atoms with Gasteiger partial charge < -0.3 is 14.6 Å².